The number of benzene rings is 2. The molecule has 0 spiro atoms. The van der Waals surface area contributed by atoms with Crippen LogP contribution in [0.15, 0.2) is 52.1 Å². The van der Waals surface area contributed by atoms with Gasteiger partial charge in [0.05, 0.1) is 16.3 Å². The van der Waals surface area contributed by atoms with Crippen LogP contribution in [0.2, 0.25) is 0 Å². The lowest BCUT2D eigenvalue weighted by Gasteiger charge is -2.20. The summed E-state index contributed by atoms with van der Waals surface area (Å²) in [5.74, 6) is 1.52. The molecular formula is C26H27IN4O4S. The Hall–Kier alpha value is -2.86. The number of amidine groups is 2. The van der Waals surface area contributed by atoms with Gasteiger partial charge in [0.1, 0.15) is 24.0 Å². The van der Waals surface area contributed by atoms with E-state index in [9.17, 15) is 4.79 Å². The molecule has 4 rings (SSSR count). The zero-order chi connectivity index (χ0) is 25.7. The molecule has 10 heteroatoms. The van der Waals surface area contributed by atoms with Gasteiger partial charge < -0.3 is 14.2 Å². The highest BCUT2D eigenvalue weighted by Crippen LogP contribution is 2.36. The number of amides is 1. The van der Waals surface area contributed by atoms with Crippen LogP contribution >= 0.6 is 34.4 Å². The molecule has 0 radical (unpaired) electrons. The van der Waals surface area contributed by atoms with Crippen molar-refractivity contribution in [3.63, 3.8) is 0 Å². The van der Waals surface area contributed by atoms with Gasteiger partial charge in [-0.05, 0) is 89.5 Å². The zero-order valence-corrected chi connectivity index (χ0v) is 23.3. The Balaban J connectivity index is 1.48. The van der Waals surface area contributed by atoms with Crippen molar-refractivity contribution in [2.75, 3.05) is 20.3 Å². The molecule has 2 heterocycles. The average molecular weight is 618 g/mol. The first-order valence-electron chi connectivity index (χ1n) is 11.6. The third kappa shape index (κ3) is 5.92. The van der Waals surface area contributed by atoms with Gasteiger partial charge in [-0.2, -0.15) is 15.1 Å². The number of nitrogens with zero attached hydrogens (tertiary/aromatic N) is 3. The Bertz CT molecular complexity index is 1270. The second kappa shape index (κ2) is 11.9. The van der Waals surface area contributed by atoms with Crippen molar-refractivity contribution < 1.29 is 19.0 Å². The van der Waals surface area contributed by atoms with Crippen molar-refractivity contribution in [1.82, 2.24) is 5.01 Å². The predicted octanol–water partition coefficient (Wildman–Crippen LogP) is 5.88. The number of hydrazone groups is 1. The first kappa shape index (κ1) is 26.2. The molecule has 0 saturated heterocycles. The Labute approximate surface area is 228 Å². The number of halogens is 1. The fraction of sp³-hybridized carbons (Fsp3) is 0.308. The molecule has 0 aromatic heterocycles. The van der Waals surface area contributed by atoms with E-state index in [4.69, 9.17) is 19.6 Å². The highest BCUT2D eigenvalue weighted by molar-refractivity contribution is 14.1. The van der Waals surface area contributed by atoms with Gasteiger partial charge in [-0.25, -0.2) is 0 Å². The van der Waals surface area contributed by atoms with E-state index in [0.29, 0.717) is 35.4 Å². The van der Waals surface area contributed by atoms with Gasteiger partial charge in [-0.15, -0.1) is 0 Å². The number of unbranched alkanes of at least 4 members (excludes halogenated alkanes) is 1. The number of carbonyl (C=O) groups excluding carboxylic acids is 1. The maximum atomic E-state index is 12.7. The Kier molecular flexibility index (Phi) is 8.68. The van der Waals surface area contributed by atoms with E-state index in [2.05, 4.69) is 39.6 Å². The van der Waals surface area contributed by atoms with Gasteiger partial charge in [0.2, 0.25) is 5.17 Å². The van der Waals surface area contributed by atoms with Crippen molar-refractivity contribution in [2.24, 2.45) is 10.1 Å². The number of ether oxygens (including phenoxy) is 3. The lowest BCUT2D eigenvalue weighted by molar-refractivity contribution is -0.114. The van der Waals surface area contributed by atoms with Gasteiger partial charge in [0, 0.05) is 0 Å². The topological polar surface area (TPSA) is 96.6 Å². The van der Waals surface area contributed by atoms with Gasteiger partial charge in [-0.3, -0.25) is 10.2 Å². The van der Waals surface area contributed by atoms with Crippen LogP contribution in [0, 0.1) is 15.9 Å². The van der Waals surface area contributed by atoms with E-state index in [1.54, 1.807) is 19.3 Å². The number of fused-ring (bicyclic) bond motifs is 1. The molecule has 8 nitrogen and oxygen atoms in total. The minimum absolute atomic E-state index is 0.0201. The summed E-state index contributed by atoms with van der Waals surface area (Å²) in [6, 6.07) is 11.5. The number of thioether (sulfide) groups is 1. The largest absolute Gasteiger partial charge is 0.493 e. The van der Waals surface area contributed by atoms with Crippen LogP contribution in [0.1, 0.15) is 37.3 Å². The normalized spacial score (nSPS) is 16.1. The van der Waals surface area contributed by atoms with E-state index in [1.165, 1.54) is 16.8 Å². The van der Waals surface area contributed by atoms with Crippen molar-refractivity contribution in [1.29, 1.82) is 5.41 Å². The highest BCUT2D eigenvalue weighted by atomic mass is 127. The quantitative estimate of drug-likeness (QED) is 0.203. The molecule has 188 valence electrons. The zero-order valence-electron chi connectivity index (χ0n) is 20.3. The van der Waals surface area contributed by atoms with Crippen LogP contribution in [0.4, 0.5) is 0 Å². The second-order valence-corrected chi connectivity index (χ2v) is 10.3. The van der Waals surface area contributed by atoms with Crippen molar-refractivity contribution in [3.8, 4) is 17.2 Å². The maximum Gasteiger partial charge on any atom is 0.283 e. The molecule has 36 heavy (non-hydrogen) atoms. The smallest absolute Gasteiger partial charge is 0.283 e. The third-order valence-electron chi connectivity index (χ3n) is 5.48. The standard InChI is InChI=1S/C26H27IN4O4S/c1-4-5-10-22-30-31-24(28)18(25(32)29-26(31)36-22)13-17-14-19(27)23(21(15-17)33-3)35-12-11-34-20-9-7-6-8-16(20)2/h6-9,13-15,28H,4-5,10-12H2,1-3H3. The lowest BCUT2D eigenvalue weighted by atomic mass is 10.1. The van der Waals surface area contributed by atoms with Crippen LogP contribution in [0.5, 0.6) is 17.2 Å². The second-order valence-electron chi connectivity index (χ2n) is 8.11. The molecule has 0 saturated carbocycles. The van der Waals surface area contributed by atoms with Crippen molar-refractivity contribution in [2.45, 2.75) is 33.1 Å². The predicted molar refractivity (Wildman–Crippen MR) is 152 cm³/mol. The SMILES string of the molecule is CCCCC1=NN2C(=N)C(=Cc3cc(I)c(OCCOc4ccccc4C)c(OC)c3)C(=O)N=C2S1. The maximum absolute atomic E-state index is 12.7. The van der Waals surface area contributed by atoms with E-state index in [0.717, 1.165) is 39.2 Å². The fourth-order valence-electron chi connectivity index (χ4n) is 3.60. The van der Waals surface area contributed by atoms with E-state index >= 15 is 0 Å². The first-order valence-corrected chi connectivity index (χ1v) is 13.5. The monoisotopic (exact) mass is 618 g/mol. The van der Waals surface area contributed by atoms with Crippen LogP contribution in [0.3, 0.4) is 0 Å². The van der Waals surface area contributed by atoms with Gasteiger partial charge in [0.25, 0.3) is 5.91 Å². The van der Waals surface area contributed by atoms with Crippen molar-refractivity contribution in [3.05, 3.63) is 56.7 Å². The molecule has 0 fully saturated rings. The number of aliphatic imine (C=N–C) groups is 1. The summed E-state index contributed by atoms with van der Waals surface area (Å²) < 4.78 is 18.2. The Morgan fingerprint density at radius 1 is 1.17 bits per heavy atom. The number of nitrogens with one attached hydrogen (secondary N) is 1. The number of carbonyl (C=O) groups is 1. The molecular weight excluding hydrogens is 591 g/mol. The fourth-order valence-corrected chi connectivity index (χ4v) is 5.31. The molecule has 2 aliphatic heterocycles. The lowest BCUT2D eigenvalue weighted by Crippen LogP contribution is -2.35. The summed E-state index contributed by atoms with van der Waals surface area (Å²) in [6.07, 6.45) is 4.50. The first-order chi connectivity index (χ1) is 17.4. The molecule has 1 N–H and O–H groups in total. The summed E-state index contributed by atoms with van der Waals surface area (Å²) in [6.45, 7) is 4.84. The van der Waals surface area contributed by atoms with E-state index < -0.39 is 5.91 Å². The molecule has 0 aliphatic carbocycles. The third-order valence-corrected chi connectivity index (χ3v) is 7.25. The molecule has 2 aliphatic rings. The van der Waals surface area contributed by atoms with Gasteiger partial charge >= 0.3 is 0 Å². The highest BCUT2D eigenvalue weighted by Gasteiger charge is 2.35. The minimum Gasteiger partial charge on any atom is -0.493 e. The van der Waals surface area contributed by atoms with Crippen molar-refractivity contribution >= 4 is 62.4 Å². The minimum atomic E-state index is -0.451. The summed E-state index contributed by atoms with van der Waals surface area (Å²) >= 11 is 3.53. The summed E-state index contributed by atoms with van der Waals surface area (Å²) in [4.78, 5) is 16.9. The molecule has 1 amide bonds. The van der Waals surface area contributed by atoms with Crippen LogP contribution in [0.25, 0.3) is 6.08 Å². The molecule has 2 aromatic rings. The van der Waals surface area contributed by atoms with Crippen LogP contribution in [-0.4, -0.2) is 47.3 Å². The number of rotatable bonds is 10. The number of hydrogen-bond donors (Lipinski definition) is 1. The molecule has 0 unspecified atom stereocenters. The Morgan fingerprint density at radius 3 is 2.69 bits per heavy atom. The molecule has 2 aromatic carbocycles. The number of methoxy groups -OCH3 is 1. The van der Waals surface area contributed by atoms with Crippen LogP contribution in [-0.2, 0) is 4.79 Å². The molecule has 0 atom stereocenters. The number of para-hydroxylation sites is 1. The van der Waals surface area contributed by atoms with Gasteiger partial charge in [-0.1, -0.05) is 31.5 Å². The summed E-state index contributed by atoms with van der Waals surface area (Å²) in [5, 5.41) is 15.8. The Morgan fingerprint density at radius 2 is 1.94 bits per heavy atom. The van der Waals surface area contributed by atoms with Crippen LogP contribution < -0.4 is 14.2 Å². The van der Waals surface area contributed by atoms with E-state index in [1.807, 2.05) is 37.3 Å². The van der Waals surface area contributed by atoms with Gasteiger partial charge in [0.15, 0.2) is 17.3 Å². The van der Waals surface area contributed by atoms with E-state index in [-0.39, 0.29) is 11.4 Å². The number of aryl methyl sites for hydroxylation is 1. The number of hydrogen-bond acceptors (Lipinski definition) is 7. The summed E-state index contributed by atoms with van der Waals surface area (Å²) in [7, 11) is 1.57. The molecule has 0 bridgehead atoms. The average Bonchev–Trinajstić information content (AvgIpc) is 3.27. The summed E-state index contributed by atoms with van der Waals surface area (Å²) in [5.41, 5.74) is 1.95.